The third-order valence-corrected chi connectivity index (χ3v) is 3.35. The molecule has 0 aromatic heterocycles. The van der Waals surface area contributed by atoms with Gasteiger partial charge in [0.15, 0.2) is 11.6 Å². The summed E-state index contributed by atoms with van der Waals surface area (Å²) in [5, 5.41) is 2.56. The Hall–Kier alpha value is -2.11. The van der Waals surface area contributed by atoms with Gasteiger partial charge in [-0.25, -0.2) is 4.39 Å². The zero-order valence-electron chi connectivity index (χ0n) is 12.4. The first kappa shape index (κ1) is 15.3. The van der Waals surface area contributed by atoms with Crippen molar-refractivity contribution in [2.45, 2.75) is 26.8 Å². The van der Waals surface area contributed by atoms with Crippen LogP contribution >= 0.6 is 0 Å². The predicted molar refractivity (Wildman–Crippen MR) is 76.7 cm³/mol. The van der Waals surface area contributed by atoms with Gasteiger partial charge in [-0.3, -0.25) is 14.5 Å². The van der Waals surface area contributed by atoms with Gasteiger partial charge in [0.2, 0.25) is 11.8 Å². The van der Waals surface area contributed by atoms with Gasteiger partial charge in [-0.1, -0.05) is 13.8 Å². The molecule has 0 spiro atoms. The second-order valence-electron chi connectivity index (χ2n) is 5.22. The van der Waals surface area contributed by atoms with Crippen molar-refractivity contribution in [1.29, 1.82) is 0 Å². The molecule has 21 heavy (non-hydrogen) atoms. The molecule has 1 atom stereocenters. The van der Waals surface area contributed by atoms with Gasteiger partial charge in [0.25, 0.3) is 0 Å². The zero-order chi connectivity index (χ0) is 15.6. The molecule has 1 unspecified atom stereocenters. The number of halogens is 1. The number of benzene rings is 1. The second kappa shape index (κ2) is 6.11. The van der Waals surface area contributed by atoms with Gasteiger partial charge in [0, 0.05) is 11.8 Å². The van der Waals surface area contributed by atoms with Crippen molar-refractivity contribution in [2.24, 2.45) is 5.92 Å². The summed E-state index contributed by atoms with van der Waals surface area (Å²) in [6.45, 7) is 5.75. The van der Waals surface area contributed by atoms with Gasteiger partial charge < -0.3 is 10.1 Å². The topological polar surface area (TPSA) is 58.6 Å². The monoisotopic (exact) mass is 294 g/mol. The van der Waals surface area contributed by atoms with Crippen LogP contribution in [0.4, 0.5) is 10.1 Å². The number of carbonyl (C=O) groups excluding carboxylic acids is 2. The van der Waals surface area contributed by atoms with Crippen LogP contribution in [0, 0.1) is 11.7 Å². The van der Waals surface area contributed by atoms with Crippen LogP contribution in [0.3, 0.4) is 0 Å². The quantitative estimate of drug-likeness (QED) is 0.919. The van der Waals surface area contributed by atoms with Gasteiger partial charge in [0.1, 0.15) is 6.04 Å². The smallest absolute Gasteiger partial charge is 0.247 e. The molecule has 5 nitrogen and oxygen atoms in total. The second-order valence-corrected chi connectivity index (χ2v) is 5.22. The van der Waals surface area contributed by atoms with Crippen molar-refractivity contribution in [3.63, 3.8) is 0 Å². The Labute approximate surface area is 123 Å². The van der Waals surface area contributed by atoms with E-state index in [-0.39, 0.29) is 30.0 Å². The van der Waals surface area contributed by atoms with Gasteiger partial charge in [-0.2, -0.15) is 0 Å². The normalized spacial score (nSPS) is 18.9. The van der Waals surface area contributed by atoms with E-state index in [4.69, 9.17) is 4.74 Å². The zero-order valence-corrected chi connectivity index (χ0v) is 12.4. The minimum atomic E-state index is -0.636. The molecule has 6 heteroatoms. The summed E-state index contributed by atoms with van der Waals surface area (Å²) in [5.74, 6) is -0.966. The summed E-state index contributed by atoms with van der Waals surface area (Å²) >= 11 is 0. The van der Waals surface area contributed by atoms with Crippen LogP contribution < -0.4 is 15.0 Å². The van der Waals surface area contributed by atoms with Gasteiger partial charge in [-0.05, 0) is 25.0 Å². The van der Waals surface area contributed by atoms with Crippen LogP contribution in [0.1, 0.15) is 20.8 Å². The average Bonchev–Trinajstić information content (AvgIpc) is 2.43. The van der Waals surface area contributed by atoms with Crippen LogP contribution in [0.5, 0.6) is 5.75 Å². The lowest BCUT2D eigenvalue weighted by Crippen LogP contribution is -2.60. The first-order valence-electron chi connectivity index (χ1n) is 6.97. The summed E-state index contributed by atoms with van der Waals surface area (Å²) in [6, 6.07) is 3.67. The molecule has 2 rings (SSSR count). The van der Waals surface area contributed by atoms with E-state index < -0.39 is 11.9 Å². The van der Waals surface area contributed by atoms with Gasteiger partial charge in [0.05, 0.1) is 13.2 Å². The van der Waals surface area contributed by atoms with Crippen LogP contribution in [0.15, 0.2) is 18.2 Å². The Balaban J connectivity index is 2.39. The fourth-order valence-electron chi connectivity index (χ4n) is 2.44. The Morgan fingerprint density at radius 2 is 2.14 bits per heavy atom. The number of ether oxygens (including phenoxy) is 1. The number of hydrogen-bond acceptors (Lipinski definition) is 3. The highest BCUT2D eigenvalue weighted by atomic mass is 19.1. The van der Waals surface area contributed by atoms with E-state index in [0.717, 1.165) is 0 Å². The number of hydrogen-bond donors (Lipinski definition) is 1. The molecule has 0 radical (unpaired) electrons. The number of amides is 2. The lowest BCUT2D eigenvalue weighted by molar-refractivity contribution is -0.131. The number of nitrogens with zero attached hydrogens (tertiary/aromatic N) is 1. The average molecular weight is 294 g/mol. The molecule has 1 aromatic rings. The van der Waals surface area contributed by atoms with Crippen LogP contribution in [0.2, 0.25) is 0 Å². The van der Waals surface area contributed by atoms with Gasteiger partial charge in [-0.15, -0.1) is 0 Å². The predicted octanol–water partition coefficient (Wildman–Crippen LogP) is 1.71. The number of rotatable bonds is 4. The maximum absolute atomic E-state index is 14.0. The van der Waals surface area contributed by atoms with E-state index in [0.29, 0.717) is 12.3 Å². The Morgan fingerprint density at radius 1 is 1.43 bits per heavy atom. The lowest BCUT2D eigenvalue weighted by atomic mass is 9.98. The summed E-state index contributed by atoms with van der Waals surface area (Å²) in [7, 11) is 0. The molecule has 1 saturated heterocycles. The third kappa shape index (κ3) is 2.99. The number of anilines is 1. The van der Waals surface area contributed by atoms with Crippen molar-refractivity contribution in [3.05, 3.63) is 24.0 Å². The van der Waals surface area contributed by atoms with Crippen LogP contribution in [0.25, 0.3) is 0 Å². The highest BCUT2D eigenvalue weighted by molar-refractivity contribution is 6.06. The fourth-order valence-corrected chi connectivity index (χ4v) is 2.44. The first-order valence-corrected chi connectivity index (χ1v) is 6.97. The maximum Gasteiger partial charge on any atom is 0.247 e. The molecule has 0 bridgehead atoms. The molecule has 0 saturated carbocycles. The largest absolute Gasteiger partial charge is 0.491 e. The Bertz CT molecular complexity index is 560. The molecular weight excluding hydrogens is 275 g/mol. The molecule has 114 valence electrons. The highest BCUT2D eigenvalue weighted by Gasteiger charge is 2.37. The van der Waals surface area contributed by atoms with E-state index in [1.54, 1.807) is 13.0 Å². The summed E-state index contributed by atoms with van der Waals surface area (Å²) in [5.41, 5.74) is 0.370. The van der Waals surface area contributed by atoms with E-state index in [1.807, 2.05) is 13.8 Å². The standard InChI is InChI=1S/C15H19FN2O3/c1-4-21-12-6-5-10(7-11(12)16)18-13(19)8-17-15(20)14(18)9(2)3/h5-7,9,14H,4,8H2,1-3H3,(H,17,20). The van der Waals surface area contributed by atoms with Crippen molar-refractivity contribution < 1.29 is 18.7 Å². The molecule has 1 N–H and O–H groups in total. The molecule has 0 aliphatic carbocycles. The van der Waals surface area contributed by atoms with Crippen molar-refractivity contribution in [2.75, 3.05) is 18.1 Å². The third-order valence-electron chi connectivity index (χ3n) is 3.35. The minimum absolute atomic E-state index is 0.0725. The molecule has 2 amide bonds. The molecule has 1 aliphatic heterocycles. The van der Waals surface area contributed by atoms with E-state index in [1.165, 1.54) is 17.0 Å². The SMILES string of the molecule is CCOc1ccc(N2C(=O)CNC(=O)C2C(C)C)cc1F. The van der Waals surface area contributed by atoms with E-state index >= 15 is 0 Å². The van der Waals surface area contributed by atoms with E-state index in [2.05, 4.69) is 5.32 Å². The molecule has 1 aliphatic rings. The van der Waals surface area contributed by atoms with Crippen molar-refractivity contribution in [3.8, 4) is 5.75 Å². The summed E-state index contributed by atoms with van der Waals surface area (Å²) < 4.78 is 19.1. The van der Waals surface area contributed by atoms with Crippen LogP contribution in [-0.2, 0) is 9.59 Å². The lowest BCUT2D eigenvalue weighted by Gasteiger charge is -2.37. The summed E-state index contributed by atoms with van der Waals surface area (Å²) in [6.07, 6.45) is 0. The Morgan fingerprint density at radius 3 is 2.71 bits per heavy atom. The number of carbonyl (C=O) groups is 2. The highest BCUT2D eigenvalue weighted by Crippen LogP contribution is 2.28. The van der Waals surface area contributed by atoms with Crippen molar-refractivity contribution in [1.82, 2.24) is 5.32 Å². The van der Waals surface area contributed by atoms with E-state index in [9.17, 15) is 14.0 Å². The maximum atomic E-state index is 14.0. The van der Waals surface area contributed by atoms with Crippen LogP contribution in [-0.4, -0.2) is 31.0 Å². The Kier molecular flexibility index (Phi) is 4.45. The van der Waals surface area contributed by atoms with Crippen molar-refractivity contribution >= 4 is 17.5 Å². The number of piperazine rings is 1. The first-order chi connectivity index (χ1) is 9.95. The molecule has 1 heterocycles. The number of nitrogens with one attached hydrogen (secondary N) is 1. The minimum Gasteiger partial charge on any atom is -0.491 e. The van der Waals surface area contributed by atoms with Gasteiger partial charge >= 0.3 is 0 Å². The fraction of sp³-hybridized carbons (Fsp3) is 0.467. The summed E-state index contributed by atoms with van der Waals surface area (Å²) in [4.78, 5) is 25.5. The molecule has 1 aromatic carbocycles. The molecule has 1 fully saturated rings. The molecular formula is C15H19FN2O3.